The van der Waals surface area contributed by atoms with Gasteiger partial charge in [0.05, 0.1) is 19.6 Å². The van der Waals surface area contributed by atoms with E-state index in [2.05, 4.69) is 0 Å². The van der Waals surface area contributed by atoms with Gasteiger partial charge in [-0.1, -0.05) is 12.8 Å². The van der Waals surface area contributed by atoms with Gasteiger partial charge in [0.15, 0.2) is 0 Å². The van der Waals surface area contributed by atoms with Crippen molar-refractivity contribution in [1.29, 1.82) is 0 Å². The molecule has 17 nitrogen and oxygen atoms in total. The molecule has 0 aromatic carbocycles. The lowest BCUT2D eigenvalue weighted by atomic mass is 9.92. The predicted molar refractivity (Wildman–Crippen MR) is 127 cm³/mol. The number of aliphatic carboxylic acids is 7. The van der Waals surface area contributed by atoms with Crippen molar-refractivity contribution in [2.75, 3.05) is 19.6 Å². The highest BCUT2D eigenvalue weighted by molar-refractivity contribution is 5.75. The van der Waals surface area contributed by atoms with E-state index in [1.807, 2.05) is 0 Å². The summed E-state index contributed by atoms with van der Waals surface area (Å²) >= 11 is 0. The normalized spacial score (nSPS) is 14.8. The molecule has 1 saturated carbocycles. The zero-order valence-corrected chi connectivity index (χ0v) is 21.2. The molecule has 2 atom stereocenters. The summed E-state index contributed by atoms with van der Waals surface area (Å²) in [6.45, 7) is 2.54. The number of hydrogen-bond donors (Lipinski definition) is 9. The second-order valence-corrected chi connectivity index (χ2v) is 7.01. The maximum absolute atomic E-state index is 10.1. The van der Waals surface area contributed by atoms with Gasteiger partial charge in [-0.25, -0.2) is 0 Å². The molecule has 0 bridgehead atoms. The molecule has 2 unspecified atom stereocenters. The summed E-state index contributed by atoms with van der Waals surface area (Å²) in [5.74, 6) is -7.12. The van der Waals surface area contributed by atoms with Gasteiger partial charge in [-0.15, -0.1) is 0 Å². The first kappa shape index (κ1) is 43.3. The molecule has 0 aliphatic heterocycles. The number of nitrogens with two attached hydrogens (primary N) is 2. The van der Waals surface area contributed by atoms with Crippen LogP contribution in [0.15, 0.2) is 0 Å². The Morgan fingerprint density at radius 1 is 0.541 bits per heavy atom. The Labute approximate surface area is 213 Å². The summed E-state index contributed by atoms with van der Waals surface area (Å²) in [4.78, 5) is 67.2. The Morgan fingerprint density at radius 2 is 0.703 bits per heavy atom. The van der Waals surface area contributed by atoms with Gasteiger partial charge in [-0.2, -0.15) is 0 Å². The van der Waals surface area contributed by atoms with Gasteiger partial charge < -0.3 is 47.2 Å². The molecule has 1 fully saturated rings. The van der Waals surface area contributed by atoms with Crippen LogP contribution >= 0.6 is 0 Å². The maximum Gasteiger partial charge on any atom is 0.317 e. The number of nitrogens with zero attached hydrogens (tertiary/aromatic N) is 1. The molecule has 11 N–H and O–H groups in total. The first-order valence-electron chi connectivity index (χ1n) is 10.3. The summed E-state index contributed by atoms with van der Waals surface area (Å²) in [6.07, 6.45) is 4.80. The van der Waals surface area contributed by atoms with E-state index in [1.165, 1.54) is 12.8 Å². The van der Waals surface area contributed by atoms with Crippen LogP contribution in [0, 0.1) is 0 Å². The number of carboxylic acids is 7. The van der Waals surface area contributed by atoms with Crippen molar-refractivity contribution in [3.05, 3.63) is 0 Å². The van der Waals surface area contributed by atoms with Crippen LogP contribution in [0.3, 0.4) is 0 Å². The number of hydrogen-bond acceptors (Lipinski definition) is 10. The van der Waals surface area contributed by atoms with Gasteiger partial charge in [-0.05, 0) is 12.8 Å². The van der Waals surface area contributed by atoms with E-state index < -0.39 is 61.4 Å². The zero-order valence-electron chi connectivity index (χ0n) is 21.2. The molecule has 37 heavy (non-hydrogen) atoms. The smallest absolute Gasteiger partial charge is 0.317 e. The first-order chi connectivity index (χ1) is 16.6. The quantitative estimate of drug-likeness (QED) is 0.195. The van der Waals surface area contributed by atoms with Gasteiger partial charge in [0, 0.05) is 39.8 Å². The molecule has 0 radical (unpaired) electrons. The van der Waals surface area contributed by atoms with E-state index in [0.29, 0.717) is 0 Å². The van der Waals surface area contributed by atoms with Crippen molar-refractivity contribution in [3.63, 3.8) is 0 Å². The first-order valence-corrected chi connectivity index (χ1v) is 10.3. The summed E-state index contributed by atoms with van der Waals surface area (Å²) in [7, 11) is 0. The Hall–Kier alpha value is -3.83. The van der Waals surface area contributed by atoms with Crippen molar-refractivity contribution in [2.45, 2.75) is 65.5 Å². The molecule has 0 heterocycles. The van der Waals surface area contributed by atoms with Crippen LogP contribution in [-0.2, 0) is 33.6 Å². The SMILES string of the molecule is CC(=O)O.CC(=O)O.CC(=O)O.CC(=O)O.NC1CCCCC1N.O=C(O)CN(CC(=O)O)CC(=O)O. The highest BCUT2D eigenvalue weighted by atomic mass is 16.4. The topological polar surface area (TPSA) is 316 Å². The van der Waals surface area contributed by atoms with E-state index in [0.717, 1.165) is 45.4 Å². The molecule has 218 valence electrons. The molecule has 0 aromatic heterocycles. The van der Waals surface area contributed by atoms with Gasteiger partial charge in [0.1, 0.15) is 0 Å². The molecule has 1 aliphatic rings. The predicted octanol–water partition coefficient (Wildman–Crippen LogP) is -0.879. The largest absolute Gasteiger partial charge is 0.481 e. The third-order valence-electron chi connectivity index (χ3n) is 2.95. The minimum Gasteiger partial charge on any atom is -0.481 e. The highest BCUT2D eigenvalue weighted by Gasteiger charge is 2.17. The van der Waals surface area contributed by atoms with Crippen LogP contribution in [0.4, 0.5) is 0 Å². The fourth-order valence-electron chi connectivity index (χ4n) is 1.93. The van der Waals surface area contributed by atoms with E-state index in [-0.39, 0.29) is 12.1 Å². The summed E-state index contributed by atoms with van der Waals surface area (Å²) in [5.41, 5.74) is 11.3. The fourth-order valence-corrected chi connectivity index (χ4v) is 1.93. The van der Waals surface area contributed by atoms with Crippen LogP contribution in [-0.4, -0.2) is 114 Å². The van der Waals surface area contributed by atoms with Crippen molar-refractivity contribution in [1.82, 2.24) is 4.90 Å². The van der Waals surface area contributed by atoms with E-state index in [9.17, 15) is 14.4 Å². The molecular formula is C20H39N3O14. The van der Waals surface area contributed by atoms with Crippen molar-refractivity contribution < 1.29 is 69.3 Å². The van der Waals surface area contributed by atoms with Crippen molar-refractivity contribution >= 4 is 41.8 Å². The molecule has 0 amide bonds. The van der Waals surface area contributed by atoms with Crippen molar-refractivity contribution in [3.8, 4) is 0 Å². The van der Waals surface area contributed by atoms with E-state index >= 15 is 0 Å². The average Bonchev–Trinajstić information content (AvgIpc) is 2.61. The molecular weight excluding hydrogens is 506 g/mol. The zero-order chi connectivity index (χ0) is 30.7. The molecule has 1 aliphatic carbocycles. The third kappa shape index (κ3) is 79.7. The molecule has 17 heteroatoms. The van der Waals surface area contributed by atoms with E-state index in [4.69, 9.17) is 66.4 Å². The van der Waals surface area contributed by atoms with Gasteiger partial charge in [0.25, 0.3) is 23.9 Å². The van der Waals surface area contributed by atoms with Crippen LogP contribution < -0.4 is 11.5 Å². The van der Waals surface area contributed by atoms with Gasteiger partial charge in [-0.3, -0.25) is 38.5 Å². The maximum atomic E-state index is 10.1. The van der Waals surface area contributed by atoms with Crippen LogP contribution in [0.25, 0.3) is 0 Å². The molecule has 0 aromatic rings. The van der Waals surface area contributed by atoms with Crippen LogP contribution in [0.5, 0.6) is 0 Å². The monoisotopic (exact) mass is 545 g/mol. The second-order valence-electron chi connectivity index (χ2n) is 7.01. The van der Waals surface area contributed by atoms with E-state index in [1.54, 1.807) is 0 Å². The Kier molecular flexibility index (Phi) is 33.2. The number of rotatable bonds is 6. The summed E-state index contributed by atoms with van der Waals surface area (Å²) < 4.78 is 0. The van der Waals surface area contributed by atoms with Gasteiger partial charge >= 0.3 is 17.9 Å². The van der Waals surface area contributed by atoms with Crippen molar-refractivity contribution in [2.24, 2.45) is 11.5 Å². The lowest BCUT2D eigenvalue weighted by molar-refractivity contribution is -0.145. The Morgan fingerprint density at radius 3 is 0.811 bits per heavy atom. The Bertz CT molecular complexity index is 588. The minimum atomic E-state index is -1.26. The summed E-state index contributed by atoms with van der Waals surface area (Å²) in [5, 5.41) is 54.5. The minimum absolute atomic E-state index is 0.281. The Balaban J connectivity index is -0.000000122. The van der Waals surface area contributed by atoms with Crippen LogP contribution in [0.2, 0.25) is 0 Å². The standard InChI is InChI=1S/C6H14N2.C6H9NO6.4C2H4O2/c7-5-3-1-2-4-6(5)8;8-4(9)1-7(2-5(10)11)3-6(12)13;4*1-2(3)4/h5-6H,1-4,7-8H2;1-3H2,(H,8,9)(H,10,11)(H,12,13);4*1H3,(H,3,4). The number of carboxylic acid groups (broad SMARTS) is 7. The number of carbonyl (C=O) groups is 7. The molecule has 0 saturated heterocycles. The second kappa shape index (κ2) is 28.4. The summed E-state index contributed by atoms with van der Waals surface area (Å²) in [6, 6.07) is 0.562. The average molecular weight is 546 g/mol. The molecule has 0 spiro atoms. The molecule has 1 rings (SSSR count). The third-order valence-corrected chi connectivity index (χ3v) is 2.95. The lowest BCUT2D eigenvalue weighted by Crippen LogP contribution is -2.43. The van der Waals surface area contributed by atoms with Gasteiger partial charge in [0.2, 0.25) is 0 Å². The fraction of sp³-hybridized carbons (Fsp3) is 0.650. The lowest BCUT2D eigenvalue weighted by Gasteiger charge is -2.24. The highest BCUT2D eigenvalue weighted by Crippen LogP contribution is 2.14. The van der Waals surface area contributed by atoms with Crippen LogP contribution in [0.1, 0.15) is 53.4 Å².